The molecule has 18 heavy (non-hydrogen) atoms. The van der Waals surface area contributed by atoms with Gasteiger partial charge in [-0.3, -0.25) is 15.6 Å². The molecular formula is C13H20N4O. The van der Waals surface area contributed by atoms with Gasteiger partial charge in [0.25, 0.3) is 5.91 Å². The Hall–Kier alpha value is -1.62. The van der Waals surface area contributed by atoms with E-state index in [-0.39, 0.29) is 5.91 Å². The maximum absolute atomic E-state index is 12.6. The Labute approximate surface area is 107 Å². The average Bonchev–Trinajstić information content (AvgIpc) is 2.46. The highest BCUT2D eigenvalue weighted by Gasteiger charge is 2.27. The molecular weight excluding hydrogens is 228 g/mol. The SMILES string of the molecule is CCC1CCCCN1C(=O)c1ccncc1NN. The van der Waals surface area contributed by atoms with Gasteiger partial charge in [-0.05, 0) is 31.7 Å². The predicted octanol–water partition coefficient (Wildman–Crippen LogP) is 1.77. The van der Waals surface area contributed by atoms with Gasteiger partial charge in [0, 0.05) is 18.8 Å². The second-order valence-electron chi connectivity index (χ2n) is 4.62. The second kappa shape index (κ2) is 5.82. The molecule has 1 unspecified atom stereocenters. The number of carbonyl (C=O) groups is 1. The van der Waals surface area contributed by atoms with Crippen molar-refractivity contribution in [3.05, 3.63) is 24.0 Å². The number of nitrogens with zero attached hydrogens (tertiary/aromatic N) is 2. The molecule has 1 fully saturated rings. The van der Waals surface area contributed by atoms with Crippen LogP contribution in [-0.2, 0) is 0 Å². The van der Waals surface area contributed by atoms with Gasteiger partial charge in [-0.15, -0.1) is 0 Å². The van der Waals surface area contributed by atoms with Crippen LogP contribution >= 0.6 is 0 Å². The lowest BCUT2D eigenvalue weighted by Crippen LogP contribution is -2.43. The first-order valence-corrected chi connectivity index (χ1v) is 6.49. The zero-order valence-corrected chi connectivity index (χ0v) is 10.7. The Morgan fingerprint density at radius 1 is 1.61 bits per heavy atom. The highest BCUT2D eigenvalue weighted by atomic mass is 16.2. The molecule has 5 nitrogen and oxygen atoms in total. The van der Waals surface area contributed by atoms with E-state index in [9.17, 15) is 4.79 Å². The Bertz CT molecular complexity index is 421. The summed E-state index contributed by atoms with van der Waals surface area (Å²) in [7, 11) is 0. The lowest BCUT2D eigenvalue weighted by Gasteiger charge is -2.35. The van der Waals surface area contributed by atoms with Crippen molar-refractivity contribution in [2.75, 3.05) is 12.0 Å². The summed E-state index contributed by atoms with van der Waals surface area (Å²) in [5, 5.41) is 0. The molecule has 98 valence electrons. The third-order valence-electron chi connectivity index (χ3n) is 3.57. The topological polar surface area (TPSA) is 71.2 Å². The van der Waals surface area contributed by atoms with Gasteiger partial charge in [0.15, 0.2) is 0 Å². The van der Waals surface area contributed by atoms with E-state index in [1.165, 1.54) is 6.42 Å². The number of pyridine rings is 1. The van der Waals surface area contributed by atoms with Gasteiger partial charge >= 0.3 is 0 Å². The number of piperidine rings is 1. The zero-order valence-electron chi connectivity index (χ0n) is 10.7. The number of amides is 1. The summed E-state index contributed by atoms with van der Waals surface area (Å²) in [5.41, 5.74) is 3.73. The number of hydrazine groups is 1. The van der Waals surface area contributed by atoms with E-state index in [1.54, 1.807) is 18.5 Å². The van der Waals surface area contributed by atoms with Crippen molar-refractivity contribution >= 4 is 11.6 Å². The third kappa shape index (κ3) is 2.46. The van der Waals surface area contributed by atoms with Crippen LogP contribution in [0.1, 0.15) is 43.0 Å². The number of aromatic nitrogens is 1. The molecule has 1 aromatic heterocycles. The van der Waals surface area contributed by atoms with Gasteiger partial charge in [-0.25, -0.2) is 0 Å². The number of nitrogens with two attached hydrogens (primary N) is 1. The fourth-order valence-corrected chi connectivity index (χ4v) is 2.54. The Morgan fingerprint density at radius 3 is 3.17 bits per heavy atom. The van der Waals surface area contributed by atoms with E-state index in [4.69, 9.17) is 5.84 Å². The Balaban J connectivity index is 2.24. The molecule has 1 aromatic rings. The first kappa shape index (κ1) is 12.8. The number of hydrogen-bond donors (Lipinski definition) is 2. The van der Waals surface area contributed by atoms with Crippen molar-refractivity contribution in [1.82, 2.24) is 9.88 Å². The van der Waals surface area contributed by atoms with Crippen LogP contribution in [0.2, 0.25) is 0 Å². The van der Waals surface area contributed by atoms with E-state index >= 15 is 0 Å². The molecule has 3 N–H and O–H groups in total. The van der Waals surface area contributed by atoms with Gasteiger partial charge in [0.1, 0.15) is 0 Å². The van der Waals surface area contributed by atoms with Crippen molar-refractivity contribution in [2.24, 2.45) is 5.84 Å². The first-order chi connectivity index (χ1) is 8.77. The van der Waals surface area contributed by atoms with Crippen molar-refractivity contribution in [1.29, 1.82) is 0 Å². The van der Waals surface area contributed by atoms with E-state index in [0.29, 0.717) is 17.3 Å². The van der Waals surface area contributed by atoms with E-state index in [1.807, 2.05) is 4.90 Å². The molecule has 2 rings (SSSR count). The van der Waals surface area contributed by atoms with Crippen LogP contribution in [0.5, 0.6) is 0 Å². The standard InChI is InChI=1S/C13H20N4O/c1-2-10-5-3-4-8-17(10)13(18)11-6-7-15-9-12(11)16-14/h6-7,9-10,16H,2-5,8,14H2,1H3. The Kier molecular flexibility index (Phi) is 4.15. The van der Waals surface area contributed by atoms with Crippen LogP contribution in [0.4, 0.5) is 5.69 Å². The molecule has 1 aliphatic heterocycles. The van der Waals surface area contributed by atoms with Crippen molar-refractivity contribution in [2.45, 2.75) is 38.6 Å². The van der Waals surface area contributed by atoms with Crippen LogP contribution in [0.15, 0.2) is 18.5 Å². The average molecular weight is 248 g/mol. The lowest BCUT2D eigenvalue weighted by atomic mass is 9.99. The number of likely N-dealkylation sites (tertiary alicyclic amines) is 1. The summed E-state index contributed by atoms with van der Waals surface area (Å²) in [6, 6.07) is 2.07. The van der Waals surface area contributed by atoms with Crippen LogP contribution in [-0.4, -0.2) is 28.4 Å². The summed E-state index contributed by atoms with van der Waals surface area (Å²) < 4.78 is 0. The highest BCUT2D eigenvalue weighted by Crippen LogP contribution is 2.23. The summed E-state index contributed by atoms with van der Waals surface area (Å²) in [6.45, 7) is 2.97. The summed E-state index contributed by atoms with van der Waals surface area (Å²) in [4.78, 5) is 18.5. The molecule has 0 spiro atoms. The van der Waals surface area contributed by atoms with Crippen LogP contribution < -0.4 is 11.3 Å². The summed E-state index contributed by atoms with van der Waals surface area (Å²) in [5.74, 6) is 5.48. The quantitative estimate of drug-likeness (QED) is 0.631. The summed E-state index contributed by atoms with van der Waals surface area (Å²) >= 11 is 0. The fourth-order valence-electron chi connectivity index (χ4n) is 2.54. The smallest absolute Gasteiger partial charge is 0.256 e. The molecule has 5 heteroatoms. The molecule has 0 bridgehead atoms. The number of nitrogens with one attached hydrogen (secondary N) is 1. The molecule has 1 aliphatic rings. The third-order valence-corrected chi connectivity index (χ3v) is 3.57. The predicted molar refractivity (Wildman–Crippen MR) is 71.0 cm³/mol. The van der Waals surface area contributed by atoms with Gasteiger partial charge in [0.2, 0.25) is 0 Å². The molecule has 2 heterocycles. The Morgan fingerprint density at radius 2 is 2.44 bits per heavy atom. The van der Waals surface area contributed by atoms with Gasteiger partial charge in [-0.2, -0.15) is 0 Å². The van der Waals surface area contributed by atoms with Gasteiger partial charge in [0.05, 0.1) is 17.4 Å². The van der Waals surface area contributed by atoms with Crippen molar-refractivity contribution < 1.29 is 4.79 Å². The van der Waals surface area contributed by atoms with E-state index in [0.717, 1.165) is 25.8 Å². The number of hydrogen-bond acceptors (Lipinski definition) is 4. The fraction of sp³-hybridized carbons (Fsp3) is 0.538. The first-order valence-electron chi connectivity index (χ1n) is 6.49. The number of anilines is 1. The largest absolute Gasteiger partial charge is 0.336 e. The minimum absolute atomic E-state index is 0.0527. The second-order valence-corrected chi connectivity index (χ2v) is 4.62. The van der Waals surface area contributed by atoms with Crippen LogP contribution in [0.25, 0.3) is 0 Å². The van der Waals surface area contributed by atoms with Crippen molar-refractivity contribution in [3.63, 3.8) is 0 Å². The van der Waals surface area contributed by atoms with E-state index < -0.39 is 0 Å². The molecule has 1 atom stereocenters. The molecule has 1 amide bonds. The molecule has 0 radical (unpaired) electrons. The van der Waals surface area contributed by atoms with Gasteiger partial charge < -0.3 is 10.3 Å². The normalized spacial score (nSPS) is 19.7. The minimum atomic E-state index is 0.0527. The minimum Gasteiger partial charge on any atom is -0.336 e. The highest BCUT2D eigenvalue weighted by molar-refractivity contribution is 5.99. The number of nitrogen functional groups attached to an aromatic ring is 1. The molecule has 0 aliphatic carbocycles. The van der Waals surface area contributed by atoms with E-state index in [2.05, 4.69) is 17.3 Å². The molecule has 0 saturated carbocycles. The molecule has 0 aromatic carbocycles. The summed E-state index contributed by atoms with van der Waals surface area (Å²) in [6.07, 6.45) is 7.59. The zero-order chi connectivity index (χ0) is 13.0. The van der Waals surface area contributed by atoms with Gasteiger partial charge in [-0.1, -0.05) is 6.92 Å². The maximum atomic E-state index is 12.6. The van der Waals surface area contributed by atoms with Crippen molar-refractivity contribution in [3.8, 4) is 0 Å². The lowest BCUT2D eigenvalue weighted by molar-refractivity contribution is 0.0609. The van der Waals surface area contributed by atoms with Crippen LogP contribution in [0, 0.1) is 0 Å². The maximum Gasteiger partial charge on any atom is 0.256 e. The monoisotopic (exact) mass is 248 g/mol. The number of rotatable bonds is 3. The number of carbonyl (C=O) groups excluding carboxylic acids is 1. The molecule has 1 saturated heterocycles. The van der Waals surface area contributed by atoms with Crippen LogP contribution in [0.3, 0.4) is 0 Å².